The van der Waals surface area contributed by atoms with Crippen LogP contribution in [0.25, 0.3) is 5.76 Å². The molecule has 0 bridgehead atoms. The molecule has 1 atom stereocenters. The van der Waals surface area contributed by atoms with E-state index in [9.17, 15) is 14.7 Å². The average Bonchev–Trinajstić information content (AvgIpc) is 3.21. The Morgan fingerprint density at radius 1 is 0.947 bits per heavy atom. The van der Waals surface area contributed by atoms with Crippen molar-refractivity contribution in [2.75, 3.05) is 53.1 Å². The summed E-state index contributed by atoms with van der Waals surface area (Å²) in [6.07, 6.45) is 3.94. The monoisotopic (exact) mass is 522 g/mol. The molecule has 0 radical (unpaired) electrons. The third-order valence-electron chi connectivity index (χ3n) is 7.09. The number of hydrogen-bond donors (Lipinski definition) is 1. The van der Waals surface area contributed by atoms with Gasteiger partial charge in [0.1, 0.15) is 17.3 Å². The van der Waals surface area contributed by atoms with E-state index in [2.05, 4.69) is 11.8 Å². The lowest BCUT2D eigenvalue weighted by Crippen LogP contribution is -2.38. The summed E-state index contributed by atoms with van der Waals surface area (Å²) >= 11 is 0. The van der Waals surface area contributed by atoms with Gasteiger partial charge in [0.05, 0.1) is 38.5 Å². The summed E-state index contributed by atoms with van der Waals surface area (Å²) in [5.41, 5.74) is 1.31. The number of aliphatic hydroxyl groups excluding tert-OH is 1. The van der Waals surface area contributed by atoms with Crippen molar-refractivity contribution in [3.63, 3.8) is 0 Å². The van der Waals surface area contributed by atoms with Crippen LogP contribution < -0.4 is 9.47 Å². The van der Waals surface area contributed by atoms with Gasteiger partial charge < -0.3 is 24.2 Å². The molecular formula is C30H38N2O6. The Bertz CT molecular complexity index is 1110. The molecule has 2 saturated heterocycles. The molecule has 2 heterocycles. The summed E-state index contributed by atoms with van der Waals surface area (Å²) in [7, 11) is 1.56. The number of methoxy groups -OCH3 is 1. The lowest BCUT2D eigenvalue weighted by molar-refractivity contribution is -0.140. The first-order valence-electron chi connectivity index (χ1n) is 13.5. The van der Waals surface area contributed by atoms with Crippen LogP contribution >= 0.6 is 0 Å². The highest BCUT2D eigenvalue weighted by atomic mass is 16.5. The Morgan fingerprint density at radius 2 is 1.63 bits per heavy atom. The third kappa shape index (κ3) is 6.55. The number of rotatable bonds is 12. The minimum absolute atomic E-state index is 0.100. The fraction of sp³-hybridized carbons (Fsp3) is 0.467. The number of morpholine rings is 1. The predicted octanol–water partition coefficient (Wildman–Crippen LogP) is 4.41. The van der Waals surface area contributed by atoms with E-state index in [4.69, 9.17) is 14.2 Å². The minimum atomic E-state index is -0.684. The molecule has 2 aromatic rings. The summed E-state index contributed by atoms with van der Waals surface area (Å²) in [6, 6.07) is 13.6. The van der Waals surface area contributed by atoms with Gasteiger partial charge in [0.15, 0.2) is 0 Å². The van der Waals surface area contributed by atoms with Crippen molar-refractivity contribution in [2.24, 2.45) is 0 Å². The summed E-state index contributed by atoms with van der Waals surface area (Å²) in [5, 5.41) is 11.3. The van der Waals surface area contributed by atoms with Crippen LogP contribution in [-0.4, -0.2) is 79.7 Å². The van der Waals surface area contributed by atoms with Gasteiger partial charge >= 0.3 is 0 Å². The van der Waals surface area contributed by atoms with Crippen LogP contribution in [0.2, 0.25) is 0 Å². The number of aliphatic hydroxyl groups is 1. The number of amides is 1. The van der Waals surface area contributed by atoms with Crippen LogP contribution in [0.5, 0.6) is 11.5 Å². The smallest absolute Gasteiger partial charge is 0.295 e. The normalized spacial score (nSPS) is 19.6. The zero-order chi connectivity index (χ0) is 26.9. The van der Waals surface area contributed by atoms with Gasteiger partial charge in [-0.25, -0.2) is 0 Å². The van der Waals surface area contributed by atoms with Crippen molar-refractivity contribution in [2.45, 2.75) is 38.6 Å². The molecule has 2 aromatic carbocycles. The fourth-order valence-corrected chi connectivity index (χ4v) is 4.94. The summed E-state index contributed by atoms with van der Waals surface area (Å²) in [5.74, 6) is -0.0754. The third-order valence-corrected chi connectivity index (χ3v) is 7.09. The SMILES string of the molecule is CCCCCOc1ccc(C2/C(=C(\O)c3ccc(OC)cc3)C(=O)C(=O)N2CCCN2CCOCC2)cc1. The number of unbranched alkanes of at least 4 members (excludes halogenated alkanes) is 2. The van der Waals surface area contributed by atoms with Crippen molar-refractivity contribution in [1.29, 1.82) is 0 Å². The molecular weight excluding hydrogens is 484 g/mol. The Labute approximate surface area is 224 Å². The van der Waals surface area contributed by atoms with Crippen molar-refractivity contribution < 1.29 is 28.9 Å². The maximum Gasteiger partial charge on any atom is 0.295 e. The highest BCUT2D eigenvalue weighted by Crippen LogP contribution is 2.40. The van der Waals surface area contributed by atoms with Crippen LogP contribution in [0.15, 0.2) is 54.1 Å². The van der Waals surface area contributed by atoms with E-state index >= 15 is 0 Å². The second kappa shape index (κ2) is 13.4. The minimum Gasteiger partial charge on any atom is -0.507 e. The zero-order valence-electron chi connectivity index (χ0n) is 22.4. The Balaban J connectivity index is 1.60. The molecule has 8 nitrogen and oxygen atoms in total. The summed E-state index contributed by atoms with van der Waals surface area (Å²) < 4.78 is 16.5. The van der Waals surface area contributed by atoms with Gasteiger partial charge in [0.25, 0.3) is 11.7 Å². The van der Waals surface area contributed by atoms with Gasteiger partial charge in [-0.2, -0.15) is 0 Å². The van der Waals surface area contributed by atoms with E-state index < -0.39 is 17.7 Å². The van der Waals surface area contributed by atoms with Gasteiger partial charge in [-0.15, -0.1) is 0 Å². The number of likely N-dealkylation sites (tertiary alicyclic amines) is 1. The molecule has 1 amide bonds. The van der Waals surface area contributed by atoms with E-state index in [-0.39, 0.29) is 11.3 Å². The van der Waals surface area contributed by atoms with Crippen LogP contribution in [0.1, 0.15) is 49.8 Å². The molecule has 2 aliphatic rings. The Kier molecular flexibility index (Phi) is 9.79. The van der Waals surface area contributed by atoms with Gasteiger partial charge in [-0.3, -0.25) is 14.5 Å². The quantitative estimate of drug-likeness (QED) is 0.191. The standard InChI is InChI=1S/C30H38N2O6/c1-3-4-5-19-38-25-13-7-22(8-14-25)27-26(28(33)23-9-11-24(36-2)12-10-23)29(34)30(35)32(27)16-6-15-31-17-20-37-21-18-31/h7-14,27,33H,3-6,15-21H2,1-2H3/b28-26+. The van der Waals surface area contributed by atoms with Crippen LogP contribution in [0.3, 0.4) is 0 Å². The Hall–Kier alpha value is -3.36. The molecule has 4 rings (SSSR count). The lowest BCUT2D eigenvalue weighted by Gasteiger charge is -2.29. The first kappa shape index (κ1) is 27.7. The van der Waals surface area contributed by atoms with Crippen LogP contribution in [0.4, 0.5) is 0 Å². The van der Waals surface area contributed by atoms with Crippen molar-refractivity contribution in [3.05, 3.63) is 65.2 Å². The zero-order valence-corrected chi connectivity index (χ0v) is 22.4. The lowest BCUT2D eigenvalue weighted by atomic mass is 9.95. The molecule has 0 aromatic heterocycles. The molecule has 2 fully saturated rings. The maximum absolute atomic E-state index is 13.3. The molecule has 204 valence electrons. The molecule has 2 aliphatic heterocycles. The Morgan fingerprint density at radius 3 is 2.29 bits per heavy atom. The molecule has 0 aliphatic carbocycles. The van der Waals surface area contributed by atoms with Crippen LogP contribution in [0, 0.1) is 0 Å². The molecule has 1 N–H and O–H groups in total. The number of nitrogens with zero attached hydrogens (tertiary/aromatic N) is 2. The molecule has 0 spiro atoms. The predicted molar refractivity (Wildman–Crippen MR) is 145 cm³/mol. The first-order chi connectivity index (χ1) is 18.5. The van der Waals surface area contributed by atoms with Crippen LogP contribution in [-0.2, 0) is 14.3 Å². The van der Waals surface area contributed by atoms with Crippen molar-refractivity contribution in [3.8, 4) is 11.5 Å². The van der Waals surface area contributed by atoms with E-state index in [0.717, 1.165) is 50.2 Å². The summed E-state index contributed by atoms with van der Waals surface area (Å²) in [6.45, 7) is 7.14. The van der Waals surface area contributed by atoms with Gasteiger partial charge in [0.2, 0.25) is 0 Å². The average molecular weight is 523 g/mol. The highest BCUT2D eigenvalue weighted by Gasteiger charge is 2.45. The maximum atomic E-state index is 13.3. The van der Waals surface area contributed by atoms with E-state index in [1.807, 2.05) is 24.3 Å². The number of ether oxygens (including phenoxy) is 3. The van der Waals surface area contributed by atoms with E-state index in [0.29, 0.717) is 44.1 Å². The number of hydrogen-bond acceptors (Lipinski definition) is 7. The second-order valence-electron chi connectivity index (χ2n) is 9.65. The molecule has 38 heavy (non-hydrogen) atoms. The number of Topliss-reactive ketones (excluding diaryl/α,β-unsaturated/α-hetero) is 1. The second-order valence-corrected chi connectivity index (χ2v) is 9.65. The van der Waals surface area contributed by atoms with Gasteiger partial charge in [0, 0.05) is 31.7 Å². The first-order valence-corrected chi connectivity index (χ1v) is 13.5. The fourth-order valence-electron chi connectivity index (χ4n) is 4.94. The molecule has 1 unspecified atom stereocenters. The van der Waals surface area contributed by atoms with E-state index in [1.165, 1.54) is 0 Å². The van der Waals surface area contributed by atoms with Crippen molar-refractivity contribution >= 4 is 17.4 Å². The largest absolute Gasteiger partial charge is 0.507 e. The van der Waals surface area contributed by atoms with Gasteiger partial charge in [-0.05, 0) is 54.8 Å². The number of carbonyl (C=O) groups is 2. The highest BCUT2D eigenvalue weighted by molar-refractivity contribution is 6.46. The van der Waals surface area contributed by atoms with E-state index in [1.54, 1.807) is 36.3 Å². The topological polar surface area (TPSA) is 88.5 Å². The van der Waals surface area contributed by atoms with Crippen molar-refractivity contribution in [1.82, 2.24) is 9.80 Å². The molecule has 8 heteroatoms. The summed E-state index contributed by atoms with van der Waals surface area (Å²) in [4.78, 5) is 30.4. The number of ketones is 1. The number of benzene rings is 2. The molecule has 0 saturated carbocycles. The van der Waals surface area contributed by atoms with Gasteiger partial charge in [-0.1, -0.05) is 31.9 Å². The number of carbonyl (C=O) groups excluding carboxylic acids is 2.